The average Bonchev–Trinajstić information content (AvgIpc) is 2.73. The van der Waals surface area contributed by atoms with Gasteiger partial charge < -0.3 is 20.3 Å². The van der Waals surface area contributed by atoms with Crippen molar-refractivity contribution in [2.24, 2.45) is 5.11 Å². The Labute approximate surface area is 88.3 Å². The van der Waals surface area contributed by atoms with Crippen LogP contribution in [0.5, 0.6) is 0 Å². The summed E-state index contributed by atoms with van der Waals surface area (Å²) < 4.78 is 0. The zero-order valence-corrected chi connectivity index (χ0v) is 7.89. The number of hydrogen-bond acceptors (Lipinski definition) is 6. The monoisotopic (exact) mass is 228 g/mol. The molecular formula is C6H8N6O4. The molecule has 2 atom stereocenters. The summed E-state index contributed by atoms with van der Waals surface area (Å²) in [4.78, 5) is 17.8. The number of hydrogen-bond donors (Lipinski definition) is 3. The second kappa shape index (κ2) is 5.07. The lowest BCUT2D eigenvalue weighted by atomic mass is 10.1. The van der Waals surface area contributed by atoms with Crippen molar-refractivity contribution >= 4 is 5.82 Å². The molecule has 86 valence electrons. The first-order valence-corrected chi connectivity index (χ1v) is 4.12. The summed E-state index contributed by atoms with van der Waals surface area (Å²) in [7, 11) is 0. The van der Waals surface area contributed by atoms with Crippen LogP contribution in [0.25, 0.3) is 10.4 Å². The highest BCUT2D eigenvalue weighted by Crippen LogP contribution is 2.23. The van der Waals surface area contributed by atoms with Crippen LogP contribution in [0.4, 0.5) is 5.82 Å². The van der Waals surface area contributed by atoms with E-state index >= 15 is 0 Å². The van der Waals surface area contributed by atoms with Crippen LogP contribution in [0.15, 0.2) is 11.4 Å². The minimum atomic E-state index is -1.59. The molecule has 0 aliphatic rings. The highest BCUT2D eigenvalue weighted by Gasteiger charge is 2.28. The van der Waals surface area contributed by atoms with Crippen LogP contribution in [0.3, 0.4) is 0 Å². The van der Waals surface area contributed by atoms with Crippen LogP contribution in [0.1, 0.15) is 11.8 Å². The van der Waals surface area contributed by atoms with E-state index in [4.69, 9.17) is 5.53 Å². The third-order valence-corrected chi connectivity index (χ3v) is 1.81. The summed E-state index contributed by atoms with van der Waals surface area (Å²) in [5.41, 5.74) is 7.71. The third-order valence-electron chi connectivity index (χ3n) is 1.81. The first-order valence-electron chi connectivity index (χ1n) is 4.12. The Morgan fingerprint density at radius 3 is 3.00 bits per heavy atom. The maximum atomic E-state index is 10.5. The van der Waals surface area contributed by atoms with E-state index in [0.717, 1.165) is 6.33 Å². The van der Waals surface area contributed by atoms with Crippen molar-refractivity contribution in [3.63, 3.8) is 0 Å². The van der Waals surface area contributed by atoms with Gasteiger partial charge in [0.1, 0.15) is 6.10 Å². The molecule has 10 nitrogen and oxygen atoms in total. The van der Waals surface area contributed by atoms with Gasteiger partial charge in [0.05, 0.1) is 12.6 Å². The SMILES string of the molecule is [N-]=[N+]=NCC(O)C(O)c1nc[nH]c1[N+](=O)[O-]. The van der Waals surface area contributed by atoms with Gasteiger partial charge in [-0.2, -0.15) is 0 Å². The standard InChI is InChI=1S/C6H8N6O4/c7-11-10-1-3(13)5(14)4-6(12(15)16)9-2-8-4/h2-3,5,13-14H,1H2,(H,8,9). The Hall–Kier alpha value is -2.16. The molecule has 0 bridgehead atoms. The number of rotatable bonds is 5. The molecule has 1 aromatic heterocycles. The Balaban J connectivity index is 2.86. The van der Waals surface area contributed by atoms with Crippen LogP contribution in [0.2, 0.25) is 0 Å². The summed E-state index contributed by atoms with van der Waals surface area (Å²) in [5.74, 6) is -0.507. The molecule has 1 heterocycles. The van der Waals surface area contributed by atoms with Gasteiger partial charge in [0, 0.05) is 4.91 Å². The van der Waals surface area contributed by atoms with E-state index in [1.54, 1.807) is 0 Å². The zero-order chi connectivity index (χ0) is 12.1. The molecule has 0 saturated carbocycles. The van der Waals surface area contributed by atoms with Crippen molar-refractivity contribution in [3.8, 4) is 0 Å². The molecule has 3 N–H and O–H groups in total. The van der Waals surface area contributed by atoms with Crippen LogP contribution in [0, 0.1) is 10.1 Å². The van der Waals surface area contributed by atoms with Gasteiger partial charge in [0.25, 0.3) is 0 Å². The smallest absolute Gasteiger partial charge is 0.346 e. The summed E-state index contributed by atoms with van der Waals surface area (Å²) in [5, 5.41) is 32.4. The third kappa shape index (κ3) is 2.45. The van der Waals surface area contributed by atoms with Gasteiger partial charge in [-0.05, 0) is 10.5 Å². The Bertz CT molecular complexity index is 424. The van der Waals surface area contributed by atoms with Gasteiger partial charge in [-0.1, -0.05) is 5.11 Å². The summed E-state index contributed by atoms with van der Waals surface area (Å²) in [6, 6.07) is 0. The summed E-state index contributed by atoms with van der Waals surface area (Å²) in [6.45, 7) is -0.401. The number of aliphatic hydroxyl groups is 2. The van der Waals surface area contributed by atoms with Crippen molar-refractivity contribution in [1.29, 1.82) is 0 Å². The number of aromatic amines is 1. The second-order valence-electron chi connectivity index (χ2n) is 2.82. The fraction of sp³-hybridized carbons (Fsp3) is 0.500. The molecule has 0 aliphatic heterocycles. The van der Waals surface area contributed by atoms with Crippen molar-refractivity contribution in [1.82, 2.24) is 9.97 Å². The van der Waals surface area contributed by atoms with E-state index in [1.165, 1.54) is 0 Å². The van der Waals surface area contributed by atoms with E-state index in [9.17, 15) is 20.3 Å². The van der Waals surface area contributed by atoms with Gasteiger partial charge in [-0.15, -0.1) is 0 Å². The van der Waals surface area contributed by atoms with Gasteiger partial charge in [0.2, 0.25) is 0 Å². The predicted octanol–water partition coefficient (Wildman–Crippen LogP) is 0.0225. The molecule has 10 heteroatoms. The van der Waals surface area contributed by atoms with Gasteiger partial charge in [-0.25, -0.2) is 9.97 Å². The Kier molecular flexibility index (Phi) is 3.78. The highest BCUT2D eigenvalue weighted by molar-refractivity contribution is 5.28. The number of aliphatic hydroxyl groups excluding tert-OH is 2. The zero-order valence-electron chi connectivity index (χ0n) is 7.89. The lowest BCUT2D eigenvalue weighted by Gasteiger charge is -2.12. The number of nitrogens with one attached hydrogen (secondary N) is 1. The average molecular weight is 228 g/mol. The predicted molar refractivity (Wildman–Crippen MR) is 50.2 cm³/mol. The van der Waals surface area contributed by atoms with Crippen LogP contribution in [-0.4, -0.2) is 37.8 Å². The van der Waals surface area contributed by atoms with Crippen LogP contribution in [-0.2, 0) is 0 Å². The summed E-state index contributed by atoms with van der Waals surface area (Å²) in [6.07, 6.45) is -2.01. The van der Waals surface area contributed by atoms with E-state index < -0.39 is 29.5 Å². The molecule has 0 radical (unpaired) electrons. The molecule has 0 aliphatic carbocycles. The molecule has 0 spiro atoms. The van der Waals surface area contributed by atoms with Crippen LogP contribution >= 0.6 is 0 Å². The van der Waals surface area contributed by atoms with E-state index in [-0.39, 0.29) is 5.69 Å². The molecular weight excluding hydrogens is 220 g/mol. The number of H-pyrrole nitrogens is 1. The fourth-order valence-electron chi connectivity index (χ4n) is 1.06. The number of aromatic nitrogens is 2. The van der Waals surface area contributed by atoms with Gasteiger partial charge >= 0.3 is 5.82 Å². The topological polar surface area (TPSA) is 161 Å². The fourth-order valence-corrected chi connectivity index (χ4v) is 1.06. The molecule has 1 rings (SSSR count). The van der Waals surface area contributed by atoms with Gasteiger partial charge in [0.15, 0.2) is 12.0 Å². The molecule has 16 heavy (non-hydrogen) atoms. The maximum absolute atomic E-state index is 10.5. The largest absolute Gasteiger partial charge is 0.390 e. The normalized spacial score (nSPS) is 13.9. The molecule has 1 aromatic rings. The van der Waals surface area contributed by atoms with Gasteiger partial charge in [-0.3, -0.25) is 0 Å². The molecule has 0 saturated heterocycles. The number of nitrogens with zero attached hydrogens (tertiary/aromatic N) is 5. The van der Waals surface area contributed by atoms with Crippen molar-refractivity contribution < 1.29 is 15.1 Å². The lowest BCUT2D eigenvalue weighted by Crippen LogP contribution is -2.22. The minimum absolute atomic E-state index is 0.300. The van der Waals surface area contributed by atoms with Crippen molar-refractivity contribution in [2.45, 2.75) is 12.2 Å². The minimum Gasteiger partial charge on any atom is -0.390 e. The molecule has 0 fully saturated rings. The van der Waals surface area contributed by atoms with Crippen LogP contribution < -0.4 is 0 Å². The van der Waals surface area contributed by atoms with E-state index in [0.29, 0.717) is 0 Å². The van der Waals surface area contributed by atoms with E-state index in [2.05, 4.69) is 20.0 Å². The number of azide groups is 1. The summed E-state index contributed by atoms with van der Waals surface area (Å²) >= 11 is 0. The first kappa shape index (κ1) is 11.9. The molecule has 0 aromatic carbocycles. The number of imidazole rings is 1. The van der Waals surface area contributed by atoms with Crippen molar-refractivity contribution in [2.75, 3.05) is 6.54 Å². The first-order chi connectivity index (χ1) is 7.57. The highest BCUT2D eigenvalue weighted by atomic mass is 16.6. The van der Waals surface area contributed by atoms with E-state index in [1.807, 2.05) is 0 Å². The Morgan fingerprint density at radius 2 is 2.44 bits per heavy atom. The quantitative estimate of drug-likeness (QED) is 0.212. The maximum Gasteiger partial charge on any atom is 0.346 e. The Morgan fingerprint density at radius 1 is 1.75 bits per heavy atom. The second-order valence-corrected chi connectivity index (χ2v) is 2.82. The van der Waals surface area contributed by atoms with Crippen molar-refractivity contribution in [3.05, 3.63) is 32.6 Å². The molecule has 2 unspecified atom stereocenters. The lowest BCUT2D eigenvalue weighted by molar-refractivity contribution is -0.390. The number of nitro groups is 1. The molecule has 0 amide bonds.